The normalized spacial score (nSPS) is 43.8. The van der Waals surface area contributed by atoms with Gasteiger partial charge in [-0.05, 0) is 31.6 Å². The maximum absolute atomic E-state index is 12.4. The van der Waals surface area contributed by atoms with Crippen LogP contribution in [0.1, 0.15) is 53.4 Å². The quantitative estimate of drug-likeness (QED) is 0.734. The Morgan fingerprint density at radius 1 is 1.18 bits per heavy atom. The first-order chi connectivity index (χ1) is 10.3. The maximum atomic E-state index is 12.4. The van der Waals surface area contributed by atoms with Crippen molar-refractivity contribution in [1.29, 1.82) is 0 Å². The summed E-state index contributed by atoms with van der Waals surface area (Å²) in [4.78, 5) is 12.4. The van der Waals surface area contributed by atoms with E-state index in [1.54, 1.807) is 0 Å². The second-order valence-corrected chi connectivity index (χ2v) is 7.69. The maximum Gasteiger partial charge on any atom is 0.311 e. The number of hydrogen-bond donors (Lipinski definition) is 0. The van der Waals surface area contributed by atoms with Gasteiger partial charge in [0.05, 0.1) is 19.6 Å². The molecule has 0 aromatic heterocycles. The molecular formula is C17H28O5. The van der Waals surface area contributed by atoms with E-state index >= 15 is 0 Å². The summed E-state index contributed by atoms with van der Waals surface area (Å²) in [6.07, 6.45) is 2.62. The van der Waals surface area contributed by atoms with Crippen molar-refractivity contribution in [3.05, 3.63) is 0 Å². The number of rotatable bonds is 2. The highest BCUT2D eigenvalue weighted by atomic mass is 16.8. The number of carbonyl (C=O) groups excluding carboxylic acids is 1. The molecule has 0 aromatic carbocycles. The van der Waals surface area contributed by atoms with Gasteiger partial charge in [0.25, 0.3) is 0 Å². The van der Waals surface area contributed by atoms with E-state index in [0.29, 0.717) is 25.0 Å². The van der Waals surface area contributed by atoms with Crippen molar-refractivity contribution in [1.82, 2.24) is 0 Å². The van der Waals surface area contributed by atoms with Gasteiger partial charge in [0.2, 0.25) is 5.79 Å². The lowest BCUT2D eigenvalue weighted by molar-refractivity contribution is -0.368. The zero-order chi connectivity index (χ0) is 16.0. The van der Waals surface area contributed by atoms with Gasteiger partial charge in [-0.15, -0.1) is 0 Å². The van der Waals surface area contributed by atoms with E-state index in [1.165, 1.54) is 0 Å². The molecule has 4 atom stereocenters. The van der Waals surface area contributed by atoms with Crippen LogP contribution < -0.4 is 0 Å². The smallest absolute Gasteiger partial charge is 0.311 e. The molecule has 126 valence electrons. The van der Waals surface area contributed by atoms with Crippen LogP contribution in [0.25, 0.3) is 0 Å². The van der Waals surface area contributed by atoms with Gasteiger partial charge in [-0.2, -0.15) is 0 Å². The standard InChI is InChI=1S/C17H28O5/c1-11(2)13-6-5-12(3)9-17(13)21-14(18)10-16(4,22-17)15-19-7-8-20-15/h11-13,15H,5-10H2,1-4H3/t12-,13+,16+,17+/m1/s1. The van der Waals surface area contributed by atoms with Crippen LogP contribution in [0.4, 0.5) is 0 Å². The molecule has 0 unspecified atom stereocenters. The van der Waals surface area contributed by atoms with E-state index in [-0.39, 0.29) is 18.3 Å². The average molecular weight is 312 g/mol. The predicted octanol–water partition coefficient (Wildman–Crippen LogP) is 2.87. The fraction of sp³-hybridized carbons (Fsp3) is 0.941. The van der Waals surface area contributed by atoms with Crippen LogP contribution in [-0.2, 0) is 23.7 Å². The Kier molecular flexibility index (Phi) is 4.25. The third-order valence-corrected chi connectivity index (χ3v) is 5.28. The van der Waals surface area contributed by atoms with Crippen LogP contribution in [0, 0.1) is 17.8 Å². The SMILES string of the molecule is CC(C)[C@@H]1CC[C@@H](C)C[C@@]12OC(=O)C[C@@](C)(C1OCCO1)O2. The first-order valence-corrected chi connectivity index (χ1v) is 8.50. The highest BCUT2D eigenvalue weighted by Crippen LogP contribution is 2.50. The Labute approximate surface area is 132 Å². The zero-order valence-corrected chi connectivity index (χ0v) is 14.1. The molecule has 1 aliphatic carbocycles. The largest absolute Gasteiger partial charge is 0.433 e. The number of hydrogen-bond acceptors (Lipinski definition) is 5. The first-order valence-electron chi connectivity index (χ1n) is 8.50. The monoisotopic (exact) mass is 312 g/mol. The summed E-state index contributed by atoms with van der Waals surface area (Å²) < 4.78 is 23.6. The summed E-state index contributed by atoms with van der Waals surface area (Å²) in [5, 5.41) is 0. The predicted molar refractivity (Wildman–Crippen MR) is 80.0 cm³/mol. The summed E-state index contributed by atoms with van der Waals surface area (Å²) in [7, 11) is 0. The van der Waals surface area contributed by atoms with Crippen LogP contribution in [-0.4, -0.2) is 36.9 Å². The van der Waals surface area contributed by atoms with Gasteiger partial charge >= 0.3 is 5.97 Å². The molecule has 5 heteroatoms. The van der Waals surface area contributed by atoms with Crippen LogP contribution in [0.3, 0.4) is 0 Å². The molecule has 3 aliphatic rings. The summed E-state index contributed by atoms with van der Waals surface area (Å²) in [6, 6.07) is 0. The van der Waals surface area contributed by atoms with Gasteiger partial charge in [0.1, 0.15) is 5.60 Å². The van der Waals surface area contributed by atoms with E-state index in [0.717, 1.165) is 19.3 Å². The topological polar surface area (TPSA) is 54.0 Å². The van der Waals surface area contributed by atoms with E-state index in [9.17, 15) is 4.79 Å². The van der Waals surface area contributed by atoms with E-state index in [2.05, 4.69) is 20.8 Å². The van der Waals surface area contributed by atoms with E-state index in [4.69, 9.17) is 18.9 Å². The van der Waals surface area contributed by atoms with E-state index in [1.807, 2.05) is 6.92 Å². The molecular weight excluding hydrogens is 284 g/mol. The fourth-order valence-electron chi connectivity index (χ4n) is 4.31. The van der Waals surface area contributed by atoms with Gasteiger partial charge in [-0.3, -0.25) is 4.79 Å². The van der Waals surface area contributed by atoms with Gasteiger partial charge in [0.15, 0.2) is 6.29 Å². The molecule has 2 aliphatic heterocycles. The molecule has 22 heavy (non-hydrogen) atoms. The van der Waals surface area contributed by atoms with Crippen molar-refractivity contribution in [2.24, 2.45) is 17.8 Å². The second-order valence-electron chi connectivity index (χ2n) is 7.69. The molecule has 0 aromatic rings. The summed E-state index contributed by atoms with van der Waals surface area (Å²) in [5.74, 6) is 0.0653. The van der Waals surface area contributed by atoms with Crippen LogP contribution in [0.5, 0.6) is 0 Å². The Morgan fingerprint density at radius 3 is 2.50 bits per heavy atom. The third-order valence-electron chi connectivity index (χ3n) is 5.28. The molecule has 3 rings (SSSR count). The minimum atomic E-state index is -0.828. The molecule has 5 nitrogen and oxygen atoms in total. The Hall–Kier alpha value is -0.650. The van der Waals surface area contributed by atoms with E-state index < -0.39 is 17.7 Å². The molecule has 0 N–H and O–H groups in total. The van der Waals surface area contributed by atoms with Crippen molar-refractivity contribution in [3.63, 3.8) is 0 Å². The molecule has 1 spiro atoms. The lowest BCUT2D eigenvalue weighted by Crippen LogP contribution is -2.62. The molecule has 1 saturated carbocycles. The Morgan fingerprint density at radius 2 is 1.86 bits per heavy atom. The van der Waals surface area contributed by atoms with Crippen molar-refractivity contribution >= 4 is 5.97 Å². The van der Waals surface area contributed by atoms with Crippen molar-refractivity contribution in [2.75, 3.05) is 13.2 Å². The number of esters is 1. The van der Waals surface area contributed by atoms with Crippen LogP contribution >= 0.6 is 0 Å². The van der Waals surface area contributed by atoms with Gasteiger partial charge in [-0.1, -0.05) is 20.8 Å². The molecule has 0 bridgehead atoms. The lowest BCUT2D eigenvalue weighted by atomic mass is 9.72. The molecule has 0 amide bonds. The molecule has 3 fully saturated rings. The molecule has 2 saturated heterocycles. The third kappa shape index (κ3) is 2.79. The van der Waals surface area contributed by atoms with Crippen molar-refractivity contribution < 1.29 is 23.7 Å². The highest BCUT2D eigenvalue weighted by Gasteiger charge is 2.58. The van der Waals surface area contributed by atoms with Gasteiger partial charge in [0, 0.05) is 12.3 Å². The fourth-order valence-corrected chi connectivity index (χ4v) is 4.31. The molecule has 2 heterocycles. The Bertz CT molecular complexity index is 431. The van der Waals surface area contributed by atoms with Crippen LogP contribution in [0.2, 0.25) is 0 Å². The highest BCUT2D eigenvalue weighted by molar-refractivity contribution is 5.72. The van der Waals surface area contributed by atoms with Crippen LogP contribution in [0.15, 0.2) is 0 Å². The minimum Gasteiger partial charge on any atom is -0.433 e. The molecule has 0 radical (unpaired) electrons. The Balaban J connectivity index is 1.91. The average Bonchev–Trinajstić information content (AvgIpc) is 2.90. The number of ether oxygens (including phenoxy) is 4. The number of carbonyl (C=O) groups is 1. The minimum absolute atomic E-state index is 0.179. The lowest BCUT2D eigenvalue weighted by Gasteiger charge is -2.53. The van der Waals surface area contributed by atoms with Crippen molar-refractivity contribution in [2.45, 2.75) is 71.1 Å². The summed E-state index contributed by atoms with van der Waals surface area (Å²) in [6.45, 7) is 9.57. The first kappa shape index (κ1) is 16.2. The zero-order valence-electron chi connectivity index (χ0n) is 14.1. The second kappa shape index (κ2) is 5.77. The van der Waals surface area contributed by atoms with Gasteiger partial charge in [-0.25, -0.2) is 0 Å². The van der Waals surface area contributed by atoms with Crippen molar-refractivity contribution in [3.8, 4) is 0 Å². The summed E-state index contributed by atoms with van der Waals surface area (Å²) in [5.41, 5.74) is -0.768. The van der Waals surface area contributed by atoms with Gasteiger partial charge < -0.3 is 18.9 Å². The summed E-state index contributed by atoms with van der Waals surface area (Å²) >= 11 is 0.